The van der Waals surface area contributed by atoms with Crippen LogP contribution in [0.25, 0.3) is 0 Å². The first-order valence-electron chi connectivity index (χ1n) is 9.48. The van der Waals surface area contributed by atoms with Gasteiger partial charge in [0.05, 0.1) is 18.8 Å². The molecule has 0 bridgehead atoms. The highest BCUT2D eigenvalue weighted by molar-refractivity contribution is 5.80. The van der Waals surface area contributed by atoms with Crippen LogP contribution in [0, 0.1) is 13.8 Å². The predicted molar refractivity (Wildman–Crippen MR) is 102 cm³/mol. The van der Waals surface area contributed by atoms with Crippen molar-refractivity contribution >= 4 is 5.91 Å². The van der Waals surface area contributed by atoms with Gasteiger partial charge in [-0.15, -0.1) is 0 Å². The van der Waals surface area contributed by atoms with Gasteiger partial charge in [-0.1, -0.05) is 37.6 Å². The molecule has 0 spiro atoms. The smallest absolute Gasteiger partial charge is 0.247 e. The Balaban J connectivity index is 1.77. The van der Waals surface area contributed by atoms with Crippen molar-refractivity contribution in [2.45, 2.75) is 52.2 Å². The van der Waals surface area contributed by atoms with Crippen LogP contribution in [0.2, 0.25) is 0 Å². The molecule has 0 fully saturated rings. The molecular weight excluding hydrogens is 326 g/mol. The molecule has 0 saturated carbocycles. The van der Waals surface area contributed by atoms with E-state index < -0.39 is 0 Å². The number of rotatable bonds is 6. The van der Waals surface area contributed by atoms with Crippen LogP contribution in [-0.2, 0) is 16.0 Å². The summed E-state index contributed by atoms with van der Waals surface area (Å²) in [5, 5.41) is 4.55. The molecule has 1 aromatic heterocycles. The SMILES string of the molecule is CCC[C@@H](C(=O)N(C)C[C@@H]1OCCc2ccccc21)n1nc(C)cc1C. The van der Waals surface area contributed by atoms with Gasteiger partial charge < -0.3 is 9.64 Å². The molecule has 1 aliphatic heterocycles. The van der Waals surface area contributed by atoms with Gasteiger partial charge in [-0.2, -0.15) is 5.10 Å². The Hall–Kier alpha value is -2.14. The Morgan fingerprint density at radius 3 is 2.85 bits per heavy atom. The first kappa shape index (κ1) is 18.6. The van der Waals surface area contributed by atoms with Gasteiger partial charge in [0.1, 0.15) is 12.1 Å². The van der Waals surface area contributed by atoms with Crippen molar-refractivity contribution in [3.63, 3.8) is 0 Å². The largest absolute Gasteiger partial charge is 0.371 e. The van der Waals surface area contributed by atoms with Crippen LogP contribution < -0.4 is 0 Å². The van der Waals surface area contributed by atoms with Gasteiger partial charge in [0.15, 0.2) is 0 Å². The van der Waals surface area contributed by atoms with Gasteiger partial charge in [-0.05, 0) is 43.9 Å². The van der Waals surface area contributed by atoms with Crippen molar-refractivity contribution in [3.05, 3.63) is 52.8 Å². The second kappa shape index (κ2) is 8.04. The summed E-state index contributed by atoms with van der Waals surface area (Å²) in [6, 6.07) is 10.1. The van der Waals surface area contributed by atoms with Crippen molar-refractivity contribution < 1.29 is 9.53 Å². The van der Waals surface area contributed by atoms with Gasteiger partial charge in [-0.3, -0.25) is 9.48 Å². The van der Waals surface area contributed by atoms with Crippen LogP contribution in [0.5, 0.6) is 0 Å². The van der Waals surface area contributed by atoms with Crippen molar-refractivity contribution in [2.24, 2.45) is 0 Å². The molecule has 0 aliphatic carbocycles. The lowest BCUT2D eigenvalue weighted by atomic mass is 9.97. The van der Waals surface area contributed by atoms with E-state index in [1.165, 1.54) is 11.1 Å². The number of hydrogen-bond acceptors (Lipinski definition) is 3. The lowest BCUT2D eigenvalue weighted by Gasteiger charge is -2.31. The molecule has 0 unspecified atom stereocenters. The monoisotopic (exact) mass is 355 g/mol. The number of benzene rings is 1. The lowest BCUT2D eigenvalue weighted by molar-refractivity contribution is -0.136. The fourth-order valence-corrected chi connectivity index (χ4v) is 3.81. The molecule has 0 radical (unpaired) electrons. The molecule has 3 rings (SSSR count). The van der Waals surface area contributed by atoms with Crippen LogP contribution in [-0.4, -0.2) is 40.8 Å². The minimum Gasteiger partial charge on any atom is -0.371 e. The average molecular weight is 355 g/mol. The third-order valence-electron chi connectivity index (χ3n) is 5.10. The Kier molecular flexibility index (Phi) is 5.77. The summed E-state index contributed by atoms with van der Waals surface area (Å²) in [6.45, 7) is 7.35. The molecule has 0 saturated heterocycles. The van der Waals surface area contributed by atoms with Gasteiger partial charge in [0, 0.05) is 12.7 Å². The van der Waals surface area contributed by atoms with Crippen LogP contribution in [0.3, 0.4) is 0 Å². The van der Waals surface area contributed by atoms with E-state index >= 15 is 0 Å². The maximum absolute atomic E-state index is 13.2. The number of amides is 1. The van der Waals surface area contributed by atoms with Gasteiger partial charge in [0.2, 0.25) is 5.91 Å². The van der Waals surface area contributed by atoms with Gasteiger partial charge in [-0.25, -0.2) is 0 Å². The highest BCUT2D eigenvalue weighted by Gasteiger charge is 2.29. The third-order valence-corrected chi connectivity index (χ3v) is 5.10. The van der Waals surface area contributed by atoms with E-state index in [1.807, 2.05) is 42.6 Å². The number of ether oxygens (including phenoxy) is 1. The highest BCUT2D eigenvalue weighted by atomic mass is 16.5. The molecule has 26 heavy (non-hydrogen) atoms. The van der Waals surface area contributed by atoms with Crippen molar-refractivity contribution in [2.75, 3.05) is 20.2 Å². The van der Waals surface area contributed by atoms with Crippen LogP contribution in [0.4, 0.5) is 0 Å². The Labute approximate surface area is 156 Å². The molecule has 5 nitrogen and oxygen atoms in total. The van der Waals surface area contributed by atoms with Crippen molar-refractivity contribution in [1.29, 1.82) is 0 Å². The Morgan fingerprint density at radius 2 is 2.15 bits per heavy atom. The molecule has 1 aromatic carbocycles. The maximum atomic E-state index is 13.2. The van der Waals surface area contributed by atoms with Gasteiger partial charge in [0.25, 0.3) is 0 Å². The zero-order chi connectivity index (χ0) is 18.7. The minimum atomic E-state index is -0.252. The number of carbonyl (C=O) groups is 1. The number of fused-ring (bicyclic) bond motifs is 1. The summed E-state index contributed by atoms with van der Waals surface area (Å²) < 4.78 is 7.86. The van der Waals surface area contributed by atoms with E-state index in [1.54, 1.807) is 0 Å². The molecule has 0 N–H and O–H groups in total. The molecule has 2 atom stereocenters. The fraction of sp³-hybridized carbons (Fsp3) is 0.524. The van der Waals surface area contributed by atoms with Gasteiger partial charge >= 0.3 is 0 Å². The summed E-state index contributed by atoms with van der Waals surface area (Å²) in [7, 11) is 1.87. The second-order valence-corrected chi connectivity index (χ2v) is 7.20. The summed E-state index contributed by atoms with van der Waals surface area (Å²) in [5.41, 5.74) is 4.51. The highest BCUT2D eigenvalue weighted by Crippen LogP contribution is 2.28. The summed E-state index contributed by atoms with van der Waals surface area (Å²) in [4.78, 5) is 15.0. The first-order valence-corrected chi connectivity index (χ1v) is 9.48. The van der Waals surface area contributed by atoms with E-state index in [0.717, 1.165) is 30.7 Å². The van der Waals surface area contributed by atoms with Crippen molar-refractivity contribution in [1.82, 2.24) is 14.7 Å². The Morgan fingerprint density at radius 1 is 1.38 bits per heavy atom. The predicted octanol–water partition coefficient (Wildman–Crippen LogP) is 3.61. The fourth-order valence-electron chi connectivity index (χ4n) is 3.81. The lowest BCUT2D eigenvalue weighted by Crippen LogP contribution is -2.39. The normalized spacial score (nSPS) is 17.6. The van der Waals surface area contributed by atoms with E-state index in [-0.39, 0.29) is 18.1 Å². The summed E-state index contributed by atoms with van der Waals surface area (Å²) in [5.74, 6) is 0.102. The molecule has 140 valence electrons. The summed E-state index contributed by atoms with van der Waals surface area (Å²) in [6.07, 6.45) is 2.60. The second-order valence-electron chi connectivity index (χ2n) is 7.20. The summed E-state index contributed by atoms with van der Waals surface area (Å²) >= 11 is 0. The maximum Gasteiger partial charge on any atom is 0.247 e. The van der Waals surface area contributed by atoms with E-state index in [2.05, 4.69) is 30.2 Å². The number of carbonyl (C=O) groups excluding carboxylic acids is 1. The molecule has 5 heteroatoms. The average Bonchev–Trinajstić information content (AvgIpc) is 2.97. The minimum absolute atomic E-state index is 0.0587. The van der Waals surface area contributed by atoms with E-state index in [9.17, 15) is 4.79 Å². The molecule has 2 aromatic rings. The number of nitrogens with zero attached hydrogens (tertiary/aromatic N) is 3. The molecule has 1 aliphatic rings. The number of hydrogen-bond donors (Lipinski definition) is 0. The van der Waals surface area contributed by atoms with Crippen molar-refractivity contribution in [3.8, 4) is 0 Å². The van der Waals surface area contributed by atoms with Crippen LogP contribution in [0.1, 0.15) is 54.4 Å². The Bertz CT molecular complexity index is 768. The third kappa shape index (κ3) is 3.83. The zero-order valence-corrected chi connectivity index (χ0v) is 16.2. The van der Waals surface area contributed by atoms with E-state index in [0.29, 0.717) is 13.2 Å². The standard InChI is InChI=1S/C21H29N3O2/c1-5-8-19(24-16(3)13-15(2)22-24)21(25)23(4)14-20-18-10-7-6-9-17(18)11-12-26-20/h6-7,9-10,13,19-20H,5,8,11-12,14H2,1-4H3/t19-,20-/m0/s1. The molecule has 2 heterocycles. The number of aryl methyl sites for hydroxylation is 2. The van der Waals surface area contributed by atoms with Crippen LogP contribution in [0.15, 0.2) is 30.3 Å². The topological polar surface area (TPSA) is 47.4 Å². The molecular formula is C21H29N3O2. The number of aromatic nitrogens is 2. The van der Waals surface area contributed by atoms with Crippen LogP contribution >= 0.6 is 0 Å². The quantitative estimate of drug-likeness (QED) is 0.795. The van der Waals surface area contributed by atoms with E-state index in [4.69, 9.17) is 4.74 Å². The number of likely N-dealkylation sites (N-methyl/N-ethyl adjacent to an activating group) is 1. The first-order chi connectivity index (χ1) is 12.5. The zero-order valence-electron chi connectivity index (χ0n) is 16.2. The molecule has 1 amide bonds.